The fourth-order valence-electron chi connectivity index (χ4n) is 2.90. The first-order chi connectivity index (χ1) is 12.6. The van der Waals surface area contributed by atoms with Gasteiger partial charge in [0.25, 0.3) is 0 Å². The molecule has 1 aromatic carbocycles. The summed E-state index contributed by atoms with van der Waals surface area (Å²) in [4.78, 5) is 8.62. The van der Waals surface area contributed by atoms with Gasteiger partial charge < -0.3 is 15.4 Å². The summed E-state index contributed by atoms with van der Waals surface area (Å²) in [5.74, 6) is 1.01. The maximum absolute atomic E-state index is 13.7. The number of aromatic nitrogens is 3. The number of methoxy groups -OCH3 is 1. The van der Waals surface area contributed by atoms with Crippen LogP contribution in [-0.4, -0.2) is 40.9 Å². The Morgan fingerprint density at radius 1 is 1.41 bits per heavy atom. The summed E-state index contributed by atoms with van der Waals surface area (Å²) >= 11 is 0. The van der Waals surface area contributed by atoms with Gasteiger partial charge in [-0.15, -0.1) is 24.0 Å². The number of guanidine groups is 1. The third-order valence-corrected chi connectivity index (χ3v) is 4.20. The molecule has 0 fully saturated rings. The lowest BCUT2D eigenvalue weighted by Gasteiger charge is -2.25. The molecule has 0 spiro atoms. The summed E-state index contributed by atoms with van der Waals surface area (Å²) in [6.07, 6.45) is 1.69. The molecule has 0 saturated heterocycles. The van der Waals surface area contributed by atoms with Gasteiger partial charge in [-0.3, -0.25) is 4.99 Å². The normalized spacial score (nSPS) is 16.4. The van der Waals surface area contributed by atoms with Crippen molar-refractivity contribution in [2.75, 3.05) is 14.2 Å². The van der Waals surface area contributed by atoms with E-state index in [2.05, 4.69) is 25.7 Å². The van der Waals surface area contributed by atoms with Gasteiger partial charge >= 0.3 is 0 Å². The molecule has 1 unspecified atom stereocenters. The van der Waals surface area contributed by atoms with Crippen molar-refractivity contribution >= 4 is 29.9 Å². The molecule has 27 heavy (non-hydrogen) atoms. The minimum absolute atomic E-state index is 0. The van der Waals surface area contributed by atoms with Crippen LogP contribution in [0.3, 0.4) is 0 Å². The Labute approximate surface area is 173 Å². The van der Waals surface area contributed by atoms with Crippen LogP contribution in [0.5, 0.6) is 0 Å². The van der Waals surface area contributed by atoms with Gasteiger partial charge in [0, 0.05) is 44.8 Å². The number of hydrogen-bond acceptors (Lipinski definition) is 4. The Balaban J connectivity index is 0.00000261. The topological polar surface area (TPSA) is 76.4 Å². The lowest BCUT2D eigenvalue weighted by atomic mass is 10.1. The predicted octanol–water partition coefficient (Wildman–Crippen LogP) is 2.00. The van der Waals surface area contributed by atoms with E-state index in [1.807, 2.05) is 4.68 Å². The lowest BCUT2D eigenvalue weighted by molar-refractivity contribution is 0.177. The standard InChI is InChI=1S/C17H22F2N6O.HI/c1-20-17(21-8-11-3-4-12(18)7-14(11)19)22-13-5-6-16-23-15(10-26-2)24-25(16)9-13;/h3-4,7,13H,5-6,8-10H2,1-2H3,(H2,20,21,22);1H. The van der Waals surface area contributed by atoms with E-state index in [1.165, 1.54) is 12.1 Å². The smallest absolute Gasteiger partial charge is 0.191 e. The zero-order chi connectivity index (χ0) is 18.5. The van der Waals surface area contributed by atoms with Crippen LogP contribution in [0.15, 0.2) is 23.2 Å². The number of rotatable bonds is 5. The Bertz CT molecular complexity index is 798. The number of benzene rings is 1. The molecule has 0 radical (unpaired) electrons. The zero-order valence-electron chi connectivity index (χ0n) is 15.2. The number of nitrogens with one attached hydrogen (secondary N) is 2. The average molecular weight is 492 g/mol. The number of aryl methyl sites for hydroxylation is 1. The van der Waals surface area contributed by atoms with E-state index >= 15 is 0 Å². The van der Waals surface area contributed by atoms with Crippen molar-refractivity contribution in [2.45, 2.75) is 38.6 Å². The SMILES string of the molecule is CN=C(NCc1ccc(F)cc1F)NC1CCc2nc(COC)nn2C1.I. The molecule has 0 amide bonds. The summed E-state index contributed by atoms with van der Waals surface area (Å²) < 4.78 is 33.6. The average Bonchev–Trinajstić information content (AvgIpc) is 3.01. The van der Waals surface area contributed by atoms with E-state index < -0.39 is 11.6 Å². The largest absolute Gasteiger partial charge is 0.377 e. The first-order valence-electron chi connectivity index (χ1n) is 8.41. The van der Waals surface area contributed by atoms with Gasteiger partial charge in [0.1, 0.15) is 24.1 Å². The molecule has 0 saturated carbocycles. The van der Waals surface area contributed by atoms with Gasteiger partial charge in [0.2, 0.25) is 0 Å². The molecule has 7 nitrogen and oxygen atoms in total. The van der Waals surface area contributed by atoms with E-state index in [0.29, 0.717) is 30.5 Å². The second-order valence-corrected chi connectivity index (χ2v) is 6.10. The molecular weight excluding hydrogens is 469 g/mol. The van der Waals surface area contributed by atoms with Crippen molar-refractivity contribution in [2.24, 2.45) is 4.99 Å². The molecular formula is C17H23F2IN6O. The molecule has 1 aromatic heterocycles. The summed E-state index contributed by atoms with van der Waals surface area (Å²) in [7, 11) is 3.26. The molecule has 1 aliphatic rings. The van der Waals surface area contributed by atoms with E-state index in [-0.39, 0.29) is 36.6 Å². The molecule has 0 bridgehead atoms. The number of fused-ring (bicyclic) bond motifs is 1. The minimum Gasteiger partial charge on any atom is -0.377 e. The Kier molecular flexibility index (Phi) is 7.90. The summed E-state index contributed by atoms with van der Waals surface area (Å²) in [6.45, 7) is 1.27. The van der Waals surface area contributed by atoms with Crippen LogP contribution in [0.1, 0.15) is 23.6 Å². The van der Waals surface area contributed by atoms with Gasteiger partial charge in [-0.05, 0) is 12.5 Å². The van der Waals surface area contributed by atoms with Crippen LogP contribution in [0.4, 0.5) is 8.78 Å². The van der Waals surface area contributed by atoms with Crippen molar-refractivity contribution < 1.29 is 13.5 Å². The molecule has 2 aromatic rings. The number of ether oxygens (including phenoxy) is 1. The van der Waals surface area contributed by atoms with Crippen molar-refractivity contribution in [1.29, 1.82) is 0 Å². The van der Waals surface area contributed by atoms with Gasteiger partial charge in [0.05, 0.1) is 6.54 Å². The second kappa shape index (κ2) is 9.93. The van der Waals surface area contributed by atoms with Crippen LogP contribution < -0.4 is 10.6 Å². The summed E-state index contributed by atoms with van der Waals surface area (Å²) in [5, 5.41) is 10.8. The Hall–Kier alpha value is -1.82. The lowest BCUT2D eigenvalue weighted by Crippen LogP contribution is -2.46. The first-order valence-corrected chi connectivity index (χ1v) is 8.41. The highest BCUT2D eigenvalue weighted by molar-refractivity contribution is 14.0. The van der Waals surface area contributed by atoms with Gasteiger partial charge in [-0.25, -0.2) is 18.4 Å². The van der Waals surface area contributed by atoms with Crippen molar-refractivity contribution in [1.82, 2.24) is 25.4 Å². The van der Waals surface area contributed by atoms with E-state index in [0.717, 1.165) is 24.7 Å². The van der Waals surface area contributed by atoms with Crippen molar-refractivity contribution in [3.05, 3.63) is 47.0 Å². The number of hydrogen-bond donors (Lipinski definition) is 2. The maximum atomic E-state index is 13.7. The highest BCUT2D eigenvalue weighted by atomic mass is 127. The fourth-order valence-corrected chi connectivity index (χ4v) is 2.90. The highest BCUT2D eigenvalue weighted by Gasteiger charge is 2.22. The molecule has 1 aliphatic heterocycles. The summed E-state index contributed by atoms with van der Waals surface area (Å²) in [6, 6.07) is 3.66. The quantitative estimate of drug-likeness (QED) is 0.380. The first kappa shape index (κ1) is 21.5. The molecule has 1 atom stereocenters. The molecule has 0 aliphatic carbocycles. The van der Waals surface area contributed by atoms with E-state index in [1.54, 1.807) is 14.2 Å². The van der Waals surface area contributed by atoms with E-state index in [4.69, 9.17) is 4.74 Å². The van der Waals surface area contributed by atoms with Gasteiger partial charge in [0.15, 0.2) is 11.8 Å². The molecule has 2 heterocycles. The third kappa shape index (κ3) is 5.58. The van der Waals surface area contributed by atoms with Crippen LogP contribution >= 0.6 is 24.0 Å². The van der Waals surface area contributed by atoms with Crippen LogP contribution in [-0.2, 0) is 30.9 Å². The number of nitrogens with zero attached hydrogens (tertiary/aromatic N) is 4. The molecule has 3 rings (SSSR count). The Morgan fingerprint density at radius 2 is 2.22 bits per heavy atom. The number of halogens is 3. The fraction of sp³-hybridized carbons (Fsp3) is 0.471. The van der Waals surface area contributed by atoms with Crippen LogP contribution in [0.25, 0.3) is 0 Å². The van der Waals surface area contributed by atoms with Gasteiger partial charge in [-0.2, -0.15) is 5.10 Å². The highest BCUT2D eigenvalue weighted by Crippen LogP contribution is 2.14. The minimum atomic E-state index is -0.590. The summed E-state index contributed by atoms with van der Waals surface area (Å²) in [5.41, 5.74) is 0.376. The second-order valence-electron chi connectivity index (χ2n) is 6.10. The third-order valence-electron chi connectivity index (χ3n) is 4.20. The molecule has 2 N–H and O–H groups in total. The Morgan fingerprint density at radius 3 is 2.93 bits per heavy atom. The van der Waals surface area contributed by atoms with Crippen molar-refractivity contribution in [3.8, 4) is 0 Å². The maximum Gasteiger partial charge on any atom is 0.191 e. The predicted molar refractivity (Wildman–Crippen MR) is 108 cm³/mol. The molecule has 10 heteroatoms. The van der Waals surface area contributed by atoms with Crippen LogP contribution in [0.2, 0.25) is 0 Å². The number of aliphatic imine (C=N–C) groups is 1. The molecule has 148 valence electrons. The monoisotopic (exact) mass is 492 g/mol. The van der Waals surface area contributed by atoms with Crippen molar-refractivity contribution in [3.63, 3.8) is 0 Å². The van der Waals surface area contributed by atoms with Crippen LogP contribution in [0, 0.1) is 11.6 Å². The van der Waals surface area contributed by atoms with Gasteiger partial charge in [-0.1, -0.05) is 6.07 Å². The zero-order valence-corrected chi connectivity index (χ0v) is 17.5. The van der Waals surface area contributed by atoms with E-state index in [9.17, 15) is 8.78 Å².